The van der Waals surface area contributed by atoms with E-state index in [-0.39, 0.29) is 5.56 Å². The zero-order chi connectivity index (χ0) is 17.3. The Labute approximate surface area is 150 Å². The molecule has 0 aliphatic rings. The summed E-state index contributed by atoms with van der Waals surface area (Å²) in [6.45, 7) is 2.08. The van der Waals surface area contributed by atoms with Crippen molar-refractivity contribution >= 4 is 28.6 Å². The van der Waals surface area contributed by atoms with E-state index < -0.39 is 0 Å². The van der Waals surface area contributed by atoms with Crippen LogP contribution in [-0.2, 0) is 13.5 Å². The molecule has 0 aliphatic heterocycles. The van der Waals surface area contributed by atoms with Crippen LogP contribution >= 0.6 is 22.9 Å². The molecule has 2 N–H and O–H groups in total. The number of nitrogens with two attached hydrogens (primary N) is 1. The van der Waals surface area contributed by atoms with E-state index >= 15 is 0 Å². The number of aryl methyl sites for hydroxylation is 2. The fourth-order valence-corrected chi connectivity index (χ4v) is 4.05. The van der Waals surface area contributed by atoms with E-state index in [0.29, 0.717) is 10.7 Å². The topological polar surface area (TPSA) is 48.0 Å². The highest BCUT2D eigenvalue weighted by molar-refractivity contribution is 7.14. The maximum atomic E-state index is 12.2. The van der Waals surface area contributed by atoms with Crippen molar-refractivity contribution in [2.45, 2.75) is 19.8 Å². The number of halogens is 1. The van der Waals surface area contributed by atoms with Gasteiger partial charge in [-0.05, 0) is 47.2 Å². The lowest BCUT2D eigenvalue weighted by molar-refractivity contribution is 0.813. The third kappa shape index (κ3) is 3.25. The standard InChI is InChI=1S/C19H19ClN2OS/c1-3-4-12-7-13(10-22(2)19(12)23)14-8-18(24-11-14)16-6-5-15(21)9-17(16)20/h5-11H,3-4,21H2,1-2H3. The molecule has 3 nitrogen and oxygen atoms in total. The van der Waals surface area contributed by atoms with Crippen LogP contribution in [-0.4, -0.2) is 4.57 Å². The minimum atomic E-state index is 0.0811. The predicted octanol–water partition coefficient (Wildman–Crippen LogP) is 4.97. The number of anilines is 1. The molecule has 3 rings (SSSR count). The second kappa shape index (κ2) is 6.83. The first kappa shape index (κ1) is 16.8. The third-order valence-corrected chi connectivity index (χ3v) is 5.24. The van der Waals surface area contributed by atoms with Crippen molar-refractivity contribution in [1.82, 2.24) is 4.57 Å². The van der Waals surface area contributed by atoms with E-state index in [1.807, 2.05) is 24.4 Å². The summed E-state index contributed by atoms with van der Waals surface area (Å²) in [6.07, 6.45) is 3.63. The molecule has 0 amide bonds. The van der Waals surface area contributed by atoms with Gasteiger partial charge < -0.3 is 10.3 Å². The van der Waals surface area contributed by atoms with Gasteiger partial charge in [0.05, 0.1) is 5.02 Å². The van der Waals surface area contributed by atoms with Gasteiger partial charge in [-0.3, -0.25) is 4.79 Å². The Hall–Kier alpha value is -2.04. The number of benzene rings is 1. The number of pyridine rings is 1. The van der Waals surface area contributed by atoms with Crippen LogP contribution in [0.25, 0.3) is 21.6 Å². The molecule has 0 radical (unpaired) electrons. The summed E-state index contributed by atoms with van der Waals surface area (Å²) < 4.78 is 1.66. The highest BCUT2D eigenvalue weighted by Gasteiger charge is 2.11. The number of aromatic nitrogens is 1. The average molecular weight is 359 g/mol. The summed E-state index contributed by atoms with van der Waals surface area (Å²) in [6, 6.07) is 9.67. The van der Waals surface area contributed by atoms with Gasteiger partial charge >= 0.3 is 0 Å². The highest BCUT2D eigenvalue weighted by atomic mass is 35.5. The molecule has 3 aromatic rings. The predicted molar refractivity (Wildman–Crippen MR) is 104 cm³/mol. The van der Waals surface area contributed by atoms with Crippen LogP contribution in [0, 0.1) is 0 Å². The van der Waals surface area contributed by atoms with Crippen molar-refractivity contribution < 1.29 is 0 Å². The first-order valence-corrected chi connectivity index (χ1v) is 9.09. The van der Waals surface area contributed by atoms with E-state index in [1.54, 1.807) is 29.0 Å². The summed E-state index contributed by atoms with van der Waals surface area (Å²) in [5.41, 5.74) is 10.5. The number of rotatable bonds is 4. The fourth-order valence-electron chi connectivity index (χ4n) is 2.75. The Kier molecular flexibility index (Phi) is 4.78. The van der Waals surface area contributed by atoms with Crippen molar-refractivity contribution in [3.63, 3.8) is 0 Å². The van der Waals surface area contributed by atoms with Crippen molar-refractivity contribution in [1.29, 1.82) is 0 Å². The molecule has 0 unspecified atom stereocenters. The molecule has 0 atom stereocenters. The van der Waals surface area contributed by atoms with Gasteiger partial charge in [0.25, 0.3) is 5.56 Å². The lowest BCUT2D eigenvalue weighted by atomic mass is 10.0. The van der Waals surface area contributed by atoms with Crippen LogP contribution in [0.1, 0.15) is 18.9 Å². The Morgan fingerprint density at radius 1 is 1.21 bits per heavy atom. The number of hydrogen-bond acceptors (Lipinski definition) is 3. The molecule has 0 saturated carbocycles. The minimum absolute atomic E-state index is 0.0811. The lowest BCUT2D eigenvalue weighted by Gasteiger charge is -2.07. The van der Waals surface area contributed by atoms with Crippen molar-refractivity contribution in [3.05, 3.63) is 62.8 Å². The molecule has 24 heavy (non-hydrogen) atoms. The number of nitrogens with zero attached hydrogens (tertiary/aromatic N) is 1. The van der Waals surface area contributed by atoms with Crippen LogP contribution in [0.2, 0.25) is 5.02 Å². The second-order valence-electron chi connectivity index (χ2n) is 5.86. The van der Waals surface area contributed by atoms with Gasteiger partial charge in [-0.1, -0.05) is 31.0 Å². The lowest BCUT2D eigenvalue weighted by Crippen LogP contribution is -2.20. The first-order valence-electron chi connectivity index (χ1n) is 7.83. The molecule has 1 aromatic carbocycles. The van der Waals surface area contributed by atoms with E-state index in [2.05, 4.69) is 18.4 Å². The van der Waals surface area contributed by atoms with Crippen LogP contribution in [0.5, 0.6) is 0 Å². The Morgan fingerprint density at radius 3 is 2.71 bits per heavy atom. The zero-order valence-electron chi connectivity index (χ0n) is 13.7. The molecule has 5 heteroatoms. The van der Waals surface area contributed by atoms with Crippen molar-refractivity contribution in [2.24, 2.45) is 7.05 Å². The quantitative estimate of drug-likeness (QED) is 0.669. The highest BCUT2D eigenvalue weighted by Crippen LogP contribution is 2.36. The largest absolute Gasteiger partial charge is 0.399 e. The summed E-state index contributed by atoms with van der Waals surface area (Å²) in [5, 5.41) is 2.74. The Balaban J connectivity index is 2.03. The van der Waals surface area contributed by atoms with Crippen LogP contribution < -0.4 is 11.3 Å². The SMILES string of the molecule is CCCc1cc(-c2csc(-c3ccc(N)cc3Cl)c2)cn(C)c1=O. The third-order valence-electron chi connectivity index (χ3n) is 3.97. The maximum Gasteiger partial charge on any atom is 0.253 e. The average Bonchev–Trinajstić information content (AvgIpc) is 3.01. The molecule has 124 valence electrons. The molecule has 0 spiro atoms. The number of thiophene rings is 1. The summed E-state index contributed by atoms with van der Waals surface area (Å²) >= 11 is 7.95. The molecule has 0 aliphatic carbocycles. The van der Waals surface area contributed by atoms with Crippen LogP contribution in [0.3, 0.4) is 0 Å². The Bertz CT molecular complexity index is 943. The number of hydrogen-bond donors (Lipinski definition) is 1. The van der Waals surface area contributed by atoms with E-state index in [1.165, 1.54) is 0 Å². The second-order valence-corrected chi connectivity index (χ2v) is 7.18. The van der Waals surface area contributed by atoms with Gasteiger partial charge in [-0.2, -0.15) is 0 Å². The first-order chi connectivity index (χ1) is 11.5. The molecule has 0 bridgehead atoms. The molecular formula is C19H19ClN2OS. The van der Waals surface area contributed by atoms with E-state index in [4.69, 9.17) is 17.3 Å². The summed E-state index contributed by atoms with van der Waals surface area (Å²) in [7, 11) is 1.80. The van der Waals surface area contributed by atoms with Gasteiger partial charge in [0.1, 0.15) is 0 Å². The van der Waals surface area contributed by atoms with Gasteiger partial charge in [-0.25, -0.2) is 0 Å². The Morgan fingerprint density at radius 2 is 2.00 bits per heavy atom. The molecule has 0 saturated heterocycles. The van der Waals surface area contributed by atoms with Gasteiger partial charge in [0.2, 0.25) is 0 Å². The molecule has 2 aromatic heterocycles. The smallest absolute Gasteiger partial charge is 0.253 e. The van der Waals surface area contributed by atoms with Crippen LogP contribution in [0.15, 0.2) is 46.7 Å². The minimum Gasteiger partial charge on any atom is -0.399 e. The maximum absolute atomic E-state index is 12.2. The van der Waals surface area contributed by atoms with Gasteiger partial charge in [0.15, 0.2) is 0 Å². The van der Waals surface area contributed by atoms with E-state index in [9.17, 15) is 4.79 Å². The van der Waals surface area contributed by atoms with Crippen molar-refractivity contribution in [2.75, 3.05) is 5.73 Å². The fraction of sp³-hybridized carbons (Fsp3) is 0.211. The summed E-state index contributed by atoms with van der Waals surface area (Å²) in [4.78, 5) is 13.3. The molecule has 0 fully saturated rings. The molecular weight excluding hydrogens is 340 g/mol. The van der Waals surface area contributed by atoms with Crippen LogP contribution in [0.4, 0.5) is 5.69 Å². The molecule has 2 heterocycles. The van der Waals surface area contributed by atoms with Crippen molar-refractivity contribution in [3.8, 4) is 21.6 Å². The normalized spacial score (nSPS) is 11.0. The van der Waals surface area contributed by atoms with Gasteiger partial charge in [0, 0.05) is 34.9 Å². The monoisotopic (exact) mass is 358 g/mol. The van der Waals surface area contributed by atoms with E-state index in [0.717, 1.165) is 40.0 Å². The number of nitrogen functional groups attached to an aromatic ring is 1. The van der Waals surface area contributed by atoms with Gasteiger partial charge in [-0.15, -0.1) is 11.3 Å². The summed E-state index contributed by atoms with van der Waals surface area (Å²) in [5.74, 6) is 0. The zero-order valence-corrected chi connectivity index (χ0v) is 15.2.